The predicted octanol–water partition coefficient (Wildman–Crippen LogP) is 2.82. The van der Waals surface area contributed by atoms with Gasteiger partial charge in [-0.15, -0.1) is 0 Å². The van der Waals surface area contributed by atoms with Crippen LogP contribution in [0.2, 0.25) is 0 Å². The van der Waals surface area contributed by atoms with Crippen LogP contribution in [0.1, 0.15) is 36.5 Å². The maximum absolute atomic E-state index is 11.1. The predicted molar refractivity (Wildman–Crippen MR) is 72.0 cm³/mol. The van der Waals surface area contributed by atoms with Crippen LogP contribution in [0.5, 0.6) is 11.5 Å². The van der Waals surface area contributed by atoms with Crippen molar-refractivity contribution in [1.82, 2.24) is 0 Å². The molecule has 1 fully saturated rings. The topological polar surface area (TPSA) is 66.8 Å². The molecule has 0 aromatic heterocycles. The standard InChI is InChI=1S/C15H18O4/c1-9-10(2)14(18)11(8-12(9)16)4-6-15(3)7-5-13(17)19-15/h4,6,8,16,18H,5,7H2,1-3H3/t15-/m0/s1. The number of cyclic esters (lactones) is 1. The van der Waals surface area contributed by atoms with E-state index in [0.717, 1.165) is 0 Å². The van der Waals surface area contributed by atoms with Gasteiger partial charge in [-0.1, -0.05) is 6.08 Å². The van der Waals surface area contributed by atoms with Gasteiger partial charge in [0.2, 0.25) is 0 Å². The number of hydrogen-bond donors (Lipinski definition) is 2. The van der Waals surface area contributed by atoms with Gasteiger partial charge in [0.15, 0.2) is 0 Å². The molecule has 0 aliphatic carbocycles. The number of ether oxygens (including phenoxy) is 1. The van der Waals surface area contributed by atoms with Crippen LogP contribution in [0.3, 0.4) is 0 Å². The number of phenolic OH excluding ortho intramolecular Hbond substituents is 2. The number of aromatic hydroxyl groups is 2. The number of esters is 1. The van der Waals surface area contributed by atoms with Crippen molar-refractivity contribution in [3.05, 3.63) is 28.8 Å². The molecular weight excluding hydrogens is 244 g/mol. The van der Waals surface area contributed by atoms with E-state index in [-0.39, 0.29) is 17.5 Å². The average molecular weight is 262 g/mol. The molecule has 1 aliphatic heterocycles. The molecule has 1 aromatic rings. The van der Waals surface area contributed by atoms with E-state index in [0.29, 0.717) is 29.5 Å². The molecule has 4 nitrogen and oxygen atoms in total. The van der Waals surface area contributed by atoms with Crippen molar-refractivity contribution in [2.45, 2.75) is 39.2 Å². The Balaban J connectivity index is 2.32. The molecule has 2 N–H and O–H groups in total. The molecule has 2 rings (SSSR count). The molecule has 0 spiro atoms. The van der Waals surface area contributed by atoms with E-state index < -0.39 is 5.60 Å². The molecule has 19 heavy (non-hydrogen) atoms. The Hall–Kier alpha value is -1.97. The molecule has 0 saturated carbocycles. The SMILES string of the molecule is Cc1c(O)cc(C=C[C@@]2(C)CCC(=O)O2)c(O)c1C. The second-order valence-corrected chi connectivity index (χ2v) is 5.20. The minimum atomic E-state index is -0.627. The fraction of sp³-hybridized carbons (Fsp3) is 0.400. The van der Waals surface area contributed by atoms with Crippen LogP contribution in [-0.4, -0.2) is 21.8 Å². The number of hydrogen-bond acceptors (Lipinski definition) is 4. The Morgan fingerprint density at radius 2 is 2.00 bits per heavy atom. The Kier molecular flexibility index (Phi) is 3.27. The average Bonchev–Trinajstić information content (AvgIpc) is 2.70. The Morgan fingerprint density at radius 1 is 1.32 bits per heavy atom. The lowest BCUT2D eigenvalue weighted by molar-refractivity contribution is -0.144. The summed E-state index contributed by atoms with van der Waals surface area (Å²) < 4.78 is 5.22. The highest BCUT2D eigenvalue weighted by Crippen LogP contribution is 2.34. The third-order valence-corrected chi connectivity index (χ3v) is 3.66. The van der Waals surface area contributed by atoms with Crippen molar-refractivity contribution in [1.29, 1.82) is 0 Å². The molecule has 1 saturated heterocycles. The number of carbonyl (C=O) groups is 1. The highest BCUT2D eigenvalue weighted by molar-refractivity contribution is 5.73. The molecule has 1 atom stereocenters. The maximum Gasteiger partial charge on any atom is 0.306 e. The van der Waals surface area contributed by atoms with Crippen LogP contribution in [0.4, 0.5) is 0 Å². The van der Waals surface area contributed by atoms with Crippen LogP contribution in [0, 0.1) is 13.8 Å². The lowest BCUT2D eigenvalue weighted by atomic mass is 9.98. The van der Waals surface area contributed by atoms with Crippen molar-refractivity contribution in [3.8, 4) is 11.5 Å². The van der Waals surface area contributed by atoms with Gasteiger partial charge in [0.1, 0.15) is 17.1 Å². The van der Waals surface area contributed by atoms with E-state index in [9.17, 15) is 15.0 Å². The van der Waals surface area contributed by atoms with Gasteiger partial charge in [-0.3, -0.25) is 4.79 Å². The van der Waals surface area contributed by atoms with E-state index in [1.165, 1.54) is 6.07 Å². The first kappa shape index (κ1) is 13.5. The van der Waals surface area contributed by atoms with Gasteiger partial charge in [-0.05, 0) is 44.0 Å². The molecule has 1 heterocycles. The zero-order valence-corrected chi connectivity index (χ0v) is 11.4. The second kappa shape index (κ2) is 4.61. The quantitative estimate of drug-likeness (QED) is 0.635. The molecule has 1 aromatic carbocycles. The summed E-state index contributed by atoms with van der Waals surface area (Å²) in [6.07, 6.45) is 4.46. The summed E-state index contributed by atoms with van der Waals surface area (Å²) in [6.45, 7) is 5.32. The largest absolute Gasteiger partial charge is 0.508 e. The molecule has 102 valence electrons. The summed E-state index contributed by atoms with van der Waals surface area (Å²) in [7, 11) is 0. The first-order valence-corrected chi connectivity index (χ1v) is 6.25. The molecule has 0 bridgehead atoms. The zero-order chi connectivity index (χ0) is 14.2. The van der Waals surface area contributed by atoms with Crippen molar-refractivity contribution >= 4 is 12.0 Å². The molecule has 0 amide bonds. The third-order valence-electron chi connectivity index (χ3n) is 3.66. The summed E-state index contributed by atoms with van der Waals surface area (Å²) >= 11 is 0. The van der Waals surface area contributed by atoms with E-state index >= 15 is 0 Å². The van der Waals surface area contributed by atoms with E-state index in [4.69, 9.17) is 4.74 Å². The van der Waals surface area contributed by atoms with Crippen molar-refractivity contribution in [2.24, 2.45) is 0 Å². The second-order valence-electron chi connectivity index (χ2n) is 5.20. The monoisotopic (exact) mass is 262 g/mol. The Morgan fingerprint density at radius 3 is 2.58 bits per heavy atom. The van der Waals surface area contributed by atoms with Crippen molar-refractivity contribution in [2.75, 3.05) is 0 Å². The molecule has 1 aliphatic rings. The number of benzene rings is 1. The van der Waals surface area contributed by atoms with E-state index in [1.54, 1.807) is 26.0 Å². The number of phenols is 2. The molecular formula is C15H18O4. The summed E-state index contributed by atoms with van der Waals surface area (Å²) in [4.78, 5) is 11.1. The summed E-state index contributed by atoms with van der Waals surface area (Å²) in [5.74, 6) is 0.0716. The van der Waals surface area contributed by atoms with Gasteiger partial charge in [-0.25, -0.2) is 0 Å². The summed E-state index contributed by atoms with van der Waals surface area (Å²) in [5, 5.41) is 19.8. The maximum atomic E-state index is 11.1. The van der Waals surface area contributed by atoms with Crippen LogP contribution >= 0.6 is 0 Å². The van der Waals surface area contributed by atoms with Gasteiger partial charge in [-0.2, -0.15) is 0 Å². The normalized spacial score (nSPS) is 23.0. The molecule has 0 radical (unpaired) electrons. The van der Waals surface area contributed by atoms with E-state index in [2.05, 4.69) is 0 Å². The zero-order valence-electron chi connectivity index (χ0n) is 11.4. The van der Waals surface area contributed by atoms with Gasteiger partial charge < -0.3 is 14.9 Å². The Labute approximate surface area is 112 Å². The highest BCUT2D eigenvalue weighted by Gasteiger charge is 2.33. The number of rotatable bonds is 2. The Bertz CT molecular complexity index is 560. The smallest absolute Gasteiger partial charge is 0.306 e. The van der Waals surface area contributed by atoms with Crippen molar-refractivity contribution in [3.63, 3.8) is 0 Å². The van der Waals surface area contributed by atoms with Crippen LogP contribution < -0.4 is 0 Å². The van der Waals surface area contributed by atoms with Crippen LogP contribution in [0.25, 0.3) is 6.08 Å². The molecule has 0 unspecified atom stereocenters. The van der Waals surface area contributed by atoms with Gasteiger partial charge in [0.05, 0.1) is 0 Å². The van der Waals surface area contributed by atoms with Gasteiger partial charge >= 0.3 is 5.97 Å². The lowest BCUT2D eigenvalue weighted by Gasteiger charge is -2.17. The fourth-order valence-electron chi connectivity index (χ4n) is 2.13. The lowest BCUT2D eigenvalue weighted by Crippen LogP contribution is -2.19. The highest BCUT2D eigenvalue weighted by atomic mass is 16.6. The van der Waals surface area contributed by atoms with E-state index in [1.807, 2.05) is 6.92 Å². The van der Waals surface area contributed by atoms with Gasteiger partial charge in [0, 0.05) is 18.4 Å². The number of carbonyl (C=O) groups excluding carboxylic acids is 1. The fourth-order valence-corrected chi connectivity index (χ4v) is 2.13. The van der Waals surface area contributed by atoms with Crippen LogP contribution in [-0.2, 0) is 9.53 Å². The third kappa shape index (κ3) is 2.57. The van der Waals surface area contributed by atoms with Crippen molar-refractivity contribution < 1.29 is 19.7 Å². The summed E-state index contributed by atoms with van der Waals surface area (Å²) in [5.41, 5.74) is 1.20. The van der Waals surface area contributed by atoms with Crippen LogP contribution in [0.15, 0.2) is 12.1 Å². The molecule has 4 heteroatoms. The minimum absolute atomic E-state index is 0.138. The first-order chi connectivity index (χ1) is 8.82. The van der Waals surface area contributed by atoms with Gasteiger partial charge in [0.25, 0.3) is 0 Å². The first-order valence-electron chi connectivity index (χ1n) is 6.25. The minimum Gasteiger partial charge on any atom is -0.508 e. The summed E-state index contributed by atoms with van der Waals surface area (Å²) in [6, 6.07) is 1.51.